The summed E-state index contributed by atoms with van der Waals surface area (Å²) >= 11 is 0. The van der Waals surface area contributed by atoms with Gasteiger partial charge in [-0.3, -0.25) is 9.59 Å². The van der Waals surface area contributed by atoms with Crippen LogP contribution in [0.15, 0.2) is 30.3 Å². The highest BCUT2D eigenvalue weighted by atomic mass is 16.5. The number of benzene rings is 1. The van der Waals surface area contributed by atoms with Crippen molar-refractivity contribution in [2.45, 2.75) is 32.2 Å². The fourth-order valence-corrected chi connectivity index (χ4v) is 2.85. The van der Waals surface area contributed by atoms with Gasteiger partial charge in [0, 0.05) is 18.2 Å². The Labute approximate surface area is 152 Å². The smallest absolute Gasteiger partial charge is 0.331 e. The topological polar surface area (TPSA) is 98.9 Å². The molecule has 0 radical (unpaired) electrons. The summed E-state index contributed by atoms with van der Waals surface area (Å²) in [5.41, 5.74) is 6.08. The lowest BCUT2D eigenvalue weighted by Crippen LogP contribution is -2.51. The monoisotopic (exact) mass is 360 g/mol. The van der Waals surface area contributed by atoms with Gasteiger partial charge in [0.15, 0.2) is 6.61 Å². The van der Waals surface area contributed by atoms with Crippen LogP contribution >= 0.6 is 0 Å². The molecule has 26 heavy (non-hydrogen) atoms. The molecule has 0 spiro atoms. The van der Waals surface area contributed by atoms with E-state index in [4.69, 9.17) is 15.2 Å². The van der Waals surface area contributed by atoms with Crippen molar-refractivity contribution in [1.29, 1.82) is 0 Å². The van der Waals surface area contributed by atoms with Gasteiger partial charge >= 0.3 is 5.97 Å². The van der Waals surface area contributed by atoms with Crippen molar-refractivity contribution < 1.29 is 23.9 Å². The number of nitrogens with two attached hydrogens (primary N) is 1. The van der Waals surface area contributed by atoms with E-state index in [-0.39, 0.29) is 0 Å². The molecule has 1 aliphatic rings. The quantitative estimate of drug-likeness (QED) is 0.587. The lowest BCUT2D eigenvalue weighted by molar-refractivity contribution is -0.151. The second kappa shape index (κ2) is 9.60. The summed E-state index contributed by atoms with van der Waals surface area (Å²) in [5, 5.41) is 0. The number of para-hydroxylation sites is 1. The van der Waals surface area contributed by atoms with Gasteiger partial charge in [-0.2, -0.15) is 0 Å². The van der Waals surface area contributed by atoms with Crippen LogP contribution in [-0.2, 0) is 19.1 Å². The average molecular weight is 360 g/mol. The summed E-state index contributed by atoms with van der Waals surface area (Å²) < 4.78 is 10.5. The number of rotatable bonds is 7. The highest BCUT2D eigenvalue weighted by Gasteiger charge is 2.30. The number of carbonyl (C=O) groups is 3. The zero-order valence-corrected chi connectivity index (χ0v) is 14.8. The first kappa shape index (κ1) is 19.5. The largest absolute Gasteiger partial charge is 0.493 e. The van der Waals surface area contributed by atoms with Gasteiger partial charge in [0.05, 0.1) is 6.61 Å². The molecule has 2 amide bonds. The van der Waals surface area contributed by atoms with Crippen molar-refractivity contribution in [2.24, 2.45) is 5.73 Å². The molecule has 1 heterocycles. The lowest BCUT2D eigenvalue weighted by Gasteiger charge is -2.33. The van der Waals surface area contributed by atoms with E-state index >= 15 is 0 Å². The third-order valence-electron chi connectivity index (χ3n) is 4.11. The molecule has 1 aliphatic heterocycles. The zero-order valence-electron chi connectivity index (χ0n) is 14.8. The minimum atomic E-state index is -0.641. The van der Waals surface area contributed by atoms with E-state index in [0.29, 0.717) is 25.3 Å². The van der Waals surface area contributed by atoms with Crippen LogP contribution in [0.4, 0.5) is 0 Å². The first-order valence-electron chi connectivity index (χ1n) is 8.68. The Hall–Kier alpha value is -2.83. The maximum absolute atomic E-state index is 12.2. The van der Waals surface area contributed by atoms with Gasteiger partial charge < -0.3 is 20.1 Å². The van der Waals surface area contributed by atoms with Crippen molar-refractivity contribution in [3.8, 4) is 5.75 Å². The number of esters is 1. The van der Waals surface area contributed by atoms with Gasteiger partial charge in [0.25, 0.3) is 5.91 Å². The summed E-state index contributed by atoms with van der Waals surface area (Å²) in [4.78, 5) is 36.9. The summed E-state index contributed by atoms with van der Waals surface area (Å²) in [7, 11) is 0. The number of ether oxygens (including phenoxy) is 2. The normalized spacial score (nSPS) is 17.1. The molecule has 1 aromatic rings. The Balaban J connectivity index is 1.90. The Kier molecular flexibility index (Phi) is 7.20. The molecule has 2 N–H and O–H groups in total. The number of primary amides is 1. The molecule has 0 saturated carbocycles. The molecule has 0 aromatic heterocycles. The molecule has 2 rings (SSSR count). The Bertz CT molecular complexity index is 686. The van der Waals surface area contributed by atoms with Crippen molar-refractivity contribution in [2.75, 3.05) is 19.8 Å². The number of piperidine rings is 1. The predicted octanol–water partition coefficient (Wildman–Crippen LogP) is 1.51. The summed E-state index contributed by atoms with van der Waals surface area (Å²) in [6.07, 6.45) is 5.01. The van der Waals surface area contributed by atoms with Crippen molar-refractivity contribution >= 4 is 23.9 Å². The lowest BCUT2D eigenvalue weighted by atomic mass is 10.0. The van der Waals surface area contributed by atoms with Crippen LogP contribution in [0, 0.1) is 0 Å². The number of nitrogens with zero attached hydrogens (tertiary/aromatic N) is 1. The average Bonchev–Trinajstić information content (AvgIpc) is 2.65. The molecule has 1 atom stereocenters. The second-order valence-corrected chi connectivity index (χ2v) is 5.91. The standard InChI is InChI=1S/C19H24N2O5/c1-2-25-16-9-4-3-7-14(16)10-11-18(23)26-13-17(22)21-12-6-5-8-15(21)19(20)24/h3-4,7,9-11,15H,2,5-6,8,12-13H2,1H3,(H2,20,24)/b11-10+/t15-/m0/s1. The van der Waals surface area contributed by atoms with Crippen LogP contribution in [0.5, 0.6) is 5.75 Å². The van der Waals surface area contributed by atoms with E-state index in [1.807, 2.05) is 25.1 Å². The van der Waals surface area contributed by atoms with E-state index in [0.717, 1.165) is 18.4 Å². The van der Waals surface area contributed by atoms with E-state index < -0.39 is 30.4 Å². The van der Waals surface area contributed by atoms with Crippen molar-refractivity contribution in [1.82, 2.24) is 4.90 Å². The van der Waals surface area contributed by atoms with Crippen LogP contribution < -0.4 is 10.5 Å². The van der Waals surface area contributed by atoms with E-state index in [1.54, 1.807) is 12.1 Å². The van der Waals surface area contributed by atoms with E-state index in [1.165, 1.54) is 11.0 Å². The first-order chi connectivity index (χ1) is 12.5. The number of hydrogen-bond donors (Lipinski definition) is 1. The number of likely N-dealkylation sites (tertiary alicyclic amines) is 1. The van der Waals surface area contributed by atoms with Gasteiger partial charge in [-0.05, 0) is 38.3 Å². The number of amides is 2. The molecule has 1 fully saturated rings. The zero-order chi connectivity index (χ0) is 18.9. The van der Waals surface area contributed by atoms with Gasteiger partial charge in [0.1, 0.15) is 11.8 Å². The molecule has 0 aliphatic carbocycles. The maximum atomic E-state index is 12.2. The minimum Gasteiger partial charge on any atom is -0.493 e. The predicted molar refractivity (Wildman–Crippen MR) is 96.2 cm³/mol. The van der Waals surface area contributed by atoms with Crippen molar-refractivity contribution in [3.63, 3.8) is 0 Å². The van der Waals surface area contributed by atoms with E-state index in [2.05, 4.69) is 0 Å². The highest BCUT2D eigenvalue weighted by molar-refractivity contribution is 5.91. The minimum absolute atomic E-state index is 0.412. The third-order valence-corrected chi connectivity index (χ3v) is 4.11. The summed E-state index contributed by atoms with van der Waals surface area (Å²) in [6.45, 7) is 2.42. The molecule has 0 bridgehead atoms. The van der Waals surface area contributed by atoms with Gasteiger partial charge in [-0.1, -0.05) is 18.2 Å². The highest BCUT2D eigenvalue weighted by Crippen LogP contribution is 2.19. The Morgan fingerprint density at radius 2 is 2.04 bits per heavy atom. The molecule has 7 nitrogen and oxygen atoms in total. The van der Waals surface area contributed by atoms with Crippen LogP contribution in [0.2, 0.25) is 0 Å². The number of carbonyl (C=O) groups excluding carboxylic acids is 3. The van der Waals surface area contributed by atoms with Crippen LogP contribution in [0.3, 0.4) is 0 Å². The van der Waals surface area contributed by atoms with Gasteiger partial charge in [-0.15, -0.1) is 0 Å². The molecule has 7 heteroatoms. The van der Waals surface area contributed by atoms with Gasteiger partial charge in [-0.25, -0.2) is 4.79 Å². The van der Waals surface area contributed by atoms with E-state index in [9.17, 15) is 14.4 Å². The summed E-state index contributed by atoms with van der Waals surface area (Å²) in [6, 6.07) is 6.66. The molecule has 1 aromatic carbocycles. The molecular formula is C19H24N2O5. The summed E-state index contributed by atoms with van der Waals surface area (Å²) in [5.74, 6) is -0.924. The third kappa shape index (κ3) is 5.34. The SMILES string of the molecule is CCOc1ccccc1/C=C/C(=O)OCC(=O)N1CCCC[C@H]1C(N)=O. The fraction of sp³-hybridized carbons (Fsp3) is 0.421. The van der Waals surface area contributed by atoms with Crippen LogP contribution in [-0.4, -0.2) is 48.5 Å². The van der Waals surface area contributed by atoms with Crippen LogP contribution in [0.1, 0.15) is 31.7 Å². The molecule has 0 unspecified atom stereocenters. The second-order valence-electron chi connectivity index (χ2n) is 5.91. The Morgan fingerprint density at radius 3 is 2.77 bits per heavy atom. The molecule has 140 valence electrons. The van der Waals surface area contributed by atoms with Gasteiger partial charge in [0.2, 0.25) is 5.91 Å². The fourth-order valence-electron chi connectivity index (χ4n) is 2.85. The first-order valence-corrected chi connectivity index (χ1v) is 8.68. The van der Waals surface area contributed by atoms with Crippen LogP contribution in [0.25, 0.3) is 6.08 Å². The number of hydrogen-bond acceptors (Lipinski definition) is 5. The molecule has 1 saturated heterocycles. The Morgan fingerprint density at radius 1 is 1.27 bits per heavy atom. The maximum Gasteiger partial charge on any atom is 0.331 e. The molecular weight excluding hydrogens is 336 g/mol. The van der Waals surface area contributed by atoms with Crippen molar-refractivity contribution in [3.05, 3.63) is 35.9 Å².